The summed E-state index contributed by atoms with van der Waals surface area (Å²) in [7, 11) is 4.17. The van der Waals surface area contributed by atoms with E-state index in [2.05, 4.69) is 72.1 Å². The van der Waals surface area contributed by atoms with Crippen molar-refractivity contribution in [3.63, 3.8) is 0 Å². The Labute approximate surface area is 138 Å². The van der Waals surface area contributed by atoms with Gasteiger partial charge in [0.2, 0.25) is 0 Å². The summed E-state index contributed by atoms with van der Waals surface area (Å²) >= 11 is 0. The number of nitrogens with zero attached hydrogens (tertiary/aromatic N) is 1. The summed E-state index contributed by atoms with van der Waals surface area (Å²) in [6.07, 6.45) is 2.43. The highest BCUT2D eigenvalue weighted by molar-refractivity contribution is 5.78. The number of hydrogen-bond acceptors (Lipinski definition) is 3. The minimum Gasteiger partial charge on any atom is -0.381 e. The van der Waals surface area contributed by atoms with Crippen molar-refractivity contribution in [1.82, 2.24) is 5.32 Å². The van der Waals surface area contributed by atoms with Crippen molar-refractivity contribution in [2.24, 2.45) is 0 Å². The average molecular weight is 307 g/mol. The van der Waals surface area contributed by atoms with Gasteiger partial charge in [0, 0.05) is 37.4 Å². The molecule has 0 radical (unpaired) electrons. The number of hydrogen-bond donors (Lipinski definition) is 2. The predicted molar refractivity (Wildman–Crippen MR) is 98.5 cm³/mol. The minimum absolute atomic E-state index is 0.585. The molecule has 2 aliphatic rings. The minimum atomic E-state index is 0.585. The highest BCUT2D eigenvalue weighted by Crippen LogP contribution is 2.45. The zero-order valence-electron chi connectivity index (χ0n) is 14.0. The molecule has 23 heavy (non-hydrogen) atoms. The van der Waals surface area contributed by atoms with Gasteiger partial charge in [-0.1, -0.05) is 24.3 Å². The average Bonchev–Trinajstić information content (AvgIpc) is 2.76. The van der Waals surface area contributed by atoms with Crippen molar-refractivity contribution >= 4 is 11.4 Å². The summed E-state index contributed by atoms with van der Waals surface area (Å²) in [5.74, 6) is 0.629. The molecule has 0 bridgehead atoms. The lowest BCUT2D eigenvalue weighted by Crippen LogP contribution is -2.21. The molecule has 0 saturated carbocycles. The third kappa shape index (κ3) is 2.59. The molecule has 2 N–H and O–H groups in total. The lowest BCUT2D eigenvalue weighted by atomic mass is 9.86. The monoisotopic (exact) mass is 307 g/mol. The molecule has 3 nitrogen and oxygen atoms in total. The Morgan fingerprint density at radius 1 is 0.957 bits per heavy atom. The summed E-state index contributed by atoms with van der Waals surface area (Å²) in [5, 5.41) is 7.31. The van der Waals surface area contributed by atoms with Crippen LogP contribution >= 0.6 is 0 Å². The molecule has 0 amide bonds. The van der Waals surface area contributed by atoms with Crippen molar-refractivity contribution in [3.05, 3.63) is 48.0 Å². The van der Waals surface area contributed by atoms with E-state index in [9.17, 15) is 0 Å². The Hall–Kier alpha value is -2.00. The summed E-state index contributed by atoms with van der Waals surface area (Å²) in [6.45, 7) is 2.24. The quantitative estimate of drug-likeness (QED) is 0.886. The molecule has 2 heterocycles. The zero-order valence-corrected chi connectivity index (χ0v) is 14.0. The summed E-state index contributed by atoms with van der Waals surface area (Å²) in [4.78, 5) is 2.15. The molecular weight excluding hydrogens is 282 g/mol. The molecule has 0 aliphatic carbocycles. The van der Waals surface area contributed by atoms with Gasteiger partial charge in [0.1, 0.15) is 0 Å². The van der Waals surface area contributed by atoms with E-state index in [1.54, 1.807) is 0 Å². The molecular formula is C20H25N3. The molecule has 3 heteroatoms. The SMILES string of the molecule is CN(C)c1ccc(-c2cccc3c2[C@H]2CCNCC[C@@H]2N3)cc1. The van der Waals surface area contributed by atoms with E-state index in [-0.39, 0.29) is 0 Å². The first-order valence-electron chi connectivity index (χ1n) is 8.62. The third-order valence-electron chi connectivity index (χ3n) is 5.26. The number of anilines is 2. The van der Waals surface area contributed by atoms with E-state index >= 15 is 0 Å². The topological polar surface area (TPSA) is 27.3 Å². The van der Waals surface area contributed by atoms with Crippen molar-refractivity contribution in [3.8, 4) is 11.1 Å². The van der Waals surface area contributed by atoms with Crippen LogP contribution in [0, 0.1) is 0 Å². The molecule has 4 rings (SSSR count). The van der Waals surface area contributed by atoms with Crippen molar-refractivity contribution in [2.75, 3.05) is 37.4 Å². The van der Waals surface area contributed by atoms with Crippen LogP contribution < -0.4 is 15.5 Å². The van der Waals surface area contributed by atoms with E-state index in [0.717, 1.165) is 13.1 Å². The highest BCUT2D eigenvalue weighted by Gasteiger charge is 2.34. The Kier molecular flexibility index (Phi) is 3.74. The fourth-order valence-corrected chi connectivity index (χ4v) is 4.04. The standard InChI is InChI=1S/C20H25N3/c1-23(2)15-8-6-14(7-9-15)16-4-3-5-19-20(16)17-10-12-21-13-11-18(17)22-19/h3-9,17-18,21-22H,10-13H2,1-2H3/t17-,18-/m0/s1. The van der Waals surface area contributed by atoms with Crippen LogP contribution in [-0.4, -0.2) is 33.2 Å². The van der Waals surface area contributed by atoms with E-state index < -0.39 is 0 Å². The number of rotatable bonds is 2. The lowest BCUT2D eigenvalue weighted by molar-refractivity contribution is 0.579. The second kappa shape index (κ2) is 5.89. The Balaban J connectivity index is 1.75. The van der Waals surface area contributed by atoms with Crippen LogP contribution in [0.2, 0.25) is 0 Å². The van der Waals surface area contributed by atoms with Gasteiger partial charge in [-0.05, 0) is 60.8 Å². The van der Waals surface area contributed by atoms with Crippen molar-refractivity contribution < 1.29 is 0 Å². The van der Waals surface area contributed by atoms with E-state index in [1.165, 1.54) is 40.9 Å². The Bertz CT molecular complexity index is 691. The Morgan fingerprint density at radius 3 is 2.52 bits per heavy atom. The van der Waals surface area contributed by atoms with Gasteiger partial charge >= 0.3 is 0 Å². The van der Waals surface area contributed by atoms with Crippen LogP contribution in [0.1, 0.15) is 24.3 Å². The first kappa shape index (κ1) is 14.6. The van der Waals surface area contributed by atoms with Crippen LogP contribution in [0.3, 0.4) is 0 Å². The van der Waals surface area contributed by atoms with Crippen LogP contribution in [0.5, 0.6) is 0 Å². The molecule has 0 aromatic heterocycles. The largest absolute Gasteiger partial charge is 0.381 e. The van der Waals surface area contributed by atoms with Crippen LogP contribution in [0.15, 0.2) is 42.5 Å². The number of nitrogens with one attached hydrogen (secondary N) is 2. The number of benzene rings is 2. The second-order valence-corrected chi connectivity index (χ2v) is 6.89. The molecule has 0 unspecified atom stereocenters. The van der Waals surface area contributed by atoms with Crippen LogP contribution in [0.25, 0.3) is 11.1 Å². The molecule has 2 atom stereocenters. The van der Waals surface area contributed by atoms with Crippen molar-refractivity contribution in [2.45, 2.75) is 24.8 Å². The van der Waals surface area contributed by atoms with Gasteiger partial charge in [0.25, 0.3) is 0 Å². The van der Waals surface area contributed by atoms with E-state index in [4.69, 9.17) is 0 Å². The van der Waals surface area contributed by atoms with Gasteiger partial charge in [-0.3, -0.25) is 0 Å². The van der Waals surface area contributed by atoms with E-state index in [0.29, 0.717) is 12.0 Å². The van der Waals surface area contributed by atoms with Crippen LogP contribution in [-0.2, 0) is 0 Å². The van der Waals surface area contributed by atoms with E-state index in [1.807, 2.05) is 0 Å². The fourth-order valence-electron chi connectivity index (χ4n) is 4.04. The van der Waals surface area contributed by atoms with Gasteiger partial charge < -0.3 is 15.5 Å². The normalized spacial score (nSPS) is 22.7. The van der Waals surface area contributed by atoms with Gasteiger partial charge in [0.15, 0.2) is 0 Å². The zero-order chi connectivity index (χ0) is 15.8. The maximum absolute atomic E-state index is 3.77. The second-order valence-electron chi connectivity index (χ2n) is 6.89. The molecule has 2 aliphatic heterocycles. The lowest BCUT2D eigenvalue weighted by Gasteiger charge is -2.18. The fraction of sp³-hybridized carbons (Fsp3) is 0.400. The first-order valence-corrected chi connectivity index (χ1v) is 8.62. The van der Waals surface area contributed by atoms with Gasteiger partial charge in [-0.15, -0.1) is 0 Å². The van der Waals surface area contributed by atoms with Gasteiger partial charge in [0.05, 0.1) is 0 Å². The summed E-state index contributed by atoms with van der Waals surface area (Å²) in [5.41, 5.74) is 6.84. The van der Waals surface area contributed by atoms with Gasteiger partial charge in [-0.2, -0.15) is 0 Å². The maximum Gasteiger partial charge on any atom is 0.0384 e. The van der Waals surface area contributed by atoms with Crippen LogP contribution in [0.4, 0.5) is 11.4 Å². The van der Waals surface area contributed by atoms with Gasteiger partial charge in [-0.25, -0.2) is 0 Å². The maximum atomic E-state index is 3.77. The molecule has 1 fully saturated rings. The predicted octanol–water partition coefficient (Wildman–Crippen LogP) is 3.68. The number of fused-ring (bicyclic) bond motifs is 3. The third-order valence-corrected chi connectivity index (χ3v) is 5.26. The molecule has 1 saturated heterocycles. The summed E-state index contributed by atoms with van der Waals surface area (Å²) < 4.78 is 0. The molecule has 2 aromatic rings. The summed E-state index contributed by atoms with van der Waals surface area (Å²) in [6, 6.07) is 16.2. The Morgan fingerprint density at radius 2 is 1.74 bits per heavy atom. The molecule has 2 aromatic carbocycles. The highest BCUT2D eigenvalue weighted by atomic mass is 15.1. The van der Waals surface area contributed by atoms with Crippen molar-refractivity contribution in [1.29, 1.82) is 0 Å². The molecule has 120 valence electrons. The first-order chi connectivity index (χ1) is 11.2. The molecule has 0 spiro atoms. The smallest absolute Gasteiger partial charge is 0.0384 e.